The summed E-state index contributed by atoms with van der Waals surface area (Å²) in [5.74, 6) is 1.29. The molecule has 0 aromatic heterocycles. The van der Waals surface area contributed by atoms with E-state index in [1.165, 1.54) is 0 Å². The molecule has 2 aliphatic rings. The highest BCUT2D eigenvalue weighted by Gasteiger charge is 2.31. The topological polar surface area (TPSA) is 93.1 Å². The van der Waals surface area contributed by atoms with Gasteiger partial charge in [-0.2, -0.15) is 0 Å². The molecular weight excluding hydrogens is 372 g/mol. The van der Waals surface area contributed by atoms with E-state index in [9.17, 15) is 19.8 Å². The third-order valence-corrected chi connectivity index (χ3v) is 7.22. The second-order valence-electron chi connectivity index (χ2n) is 9.12. The smallest absolute Gasteiger partial charge is 0.140 e. The second kappa shape index (κ2) is 12.8. The minimum absolute atomic E-state index is 0.0395. The Morgan fingerprint density at radius 1 is 0.759 bits per heavy atom. The fourth-order valence-electron chi connectivity index (χ4n) is 5.24. The number of Topliss-reactive ketones (excluding diaryl/α,β-unsaturated/α-hetero) is 2. The van der Waals surface area contributed by atoms with Gasteiger partial charge in [-0.15, -0.1) is 0 Å². The molecule has 6 nitrogen and oxygen atoms in total. The van der Waals surface area contributed by atoms with Crippen LogP contribution in [0.5, 0.6) is 0 Å². The van der Waals surface area contributed by atoms with E-state index in [4.69, 9.17) is 9.47 Å². The van der Waals surface area contributed by atoms with E-state index < -0.39 is 0 Å². The van der Waals surface area contributed by atoms with Gasteiger partial charge >= 0.3 is 0 Å². The Kier molecular flexibility index (Phi) is 10.8. The fourth-order valence-corrected chi connectivity index (χ4v) is 5.24. The number of aliphatic hydroxyl groups excluding tert-OH is 2. The van der Waals surface area contributed by atoms with Crippen LogP contribution in [0, 0.1) is 23.7 Å². The van der Waals surface area contributed by atoms with Gasteiger partial charge in [-0.1, -0.05) is 6.42 Å². The van der Waals surface area contributed by atoms with Crippen molar-refractivity contribution in [2.24, 2.45) is 23.7 Å². The number of ether oxygens (including phenoxy) is 2. The van der Waals surface area contributed by atoms with Gasteiger partial charge in [0.05, 0.1) is 18.6 Å². The largest absolute Gasteiger partial charge is 0.396 e. The van der Waals surface area contributed by atoms with Crippen molar-refractivity contribution < 1.29 is 29.3 Å². The molecule has 2 rings (SSSR count). The Hall–Kier alpha value is -0.820. The quantitative estimate of drug-likeness (QED) is 0.479. The zero-order valence-corrected chi connectivity index (χ0v) is 18.2. The maximum Gasteiger partial charge on any atom is 0.140 e. The minimum Gasteiger partial charge on any atom is -0.396 e. The average molecular weight is 413 g/mol. The highest BCUT2D eigenvalue weighted by Crippen LogP contribution is 2.36. The summed E-state index contributed by atoms with van der Waals surface area (Å²) in [5, 5.41) is 18.9. The summed E-state index contributed by atoms with van der Waals surface area (Å²) in [6.07, 6.45) is 8.52. The molecule has 2 N–H and O–H groups in total. The predicted molar refractivity (Wildman–Crippen MR) is 111 cm³/mol. The SMILES string of the molecule is COC1CCC(CCC(=O)CC(=O)CCC2CCC(CO)C(CO)C2)CC1OC. The Bertz CT molecular complexity index is 464. The molecule has 0 aliphatic heterocycles. The Morgan fingerprint density at radius 2 is 1.31 bits per heavy atom. The standard InChI is InChI=1S/C23H40O6/c1-28-22-10-6-17(12-23(22)29-2)5-9-21(27)13-20(26)8-4-16-3-7-18(14-24)19(11-16)15-25/h16-19,22-25H,3-15H2,1-2H3. The molecule has 168 valence electrons. The lowest BCUT2D eigenvalue weighted by Gasteiger charge is -2.34. The Labute approximate surface area is 175 Å². The molecule has 2 aliphatic carbocycles. The molecule has 29 heavy (non-hydrogen) atoms. The van der Waals surface area contributed by atoms with Gasteiger partial charge in [0.15, 0.2) is 0 Å². The van der Waals surface area contributed by atoms with Crippen molar-refractivity contribution in [3.05, 3.63) is 0 Å². The first-order valence-corrected chi connectivity index (χ1v) is 11.3. The van der Waals surface area contributed by atoms with Crippen LogP contribution in [0.2, 0.25) is 0 Å². The van der Waals surface area contributed by atoms with E-state index in [1.807, 2.05) is 0 Å². The fraction of sp³-hybridized carbons (Fsp3) is 0.913. The van der Waals surface area contributed by atoms with Crippen molar-refractivity contribution in [2.75, 3.05) is 27.4 Å². The molecule has 0 radical (unpaired) electrons. The zero-order chi connectivity index (χ0) is 21.2. The van der Waals surface area contributed by atoms with Crippen LogP contribution < -0.4 is 0 Å². The van der Waals surface area contributed by atoms with Crippen LogP contribution in [0.15, 0.2) is 0 Å². The number of ketones is 2. The average Bonchev–Trinajstić information content (AvgIpc) is 2.75. The van der Waals surface area contributed by atoms with E-state index in [0.717, 1.165) is 51.4 Å². The van der Waals surface area contributed by atoms with Crippen molar-refractivity contribution in [3.8, 4) is 0 Å². The minimum atomic E-state index is 0.0395. The van der Waals surface area contributed by atoms with Gasteiger partial charge in [-0.25, -0.2) is 0 Å². The first-order chi connectivity index (χ1) is 14.0. The molecule has 0 bridgehead atoms. The molecule has 0 amide bonds. The van der Waals surface area contributed by atoms with Gasteiger partial charge in [0, 0.05) is 40.3 Å². The summed E-state index contributed by atoms with van der Waals surface area (Å²) in [4.78, 5) is 24.5. The first-order valence-electron chi connectivity index (χ1n) is 11.3. The number of hydrogen-bond donors (Lipinski definition) is 2. The van der Waals surface area contributed by atoms with Crippen molar-refractivity contribution in [1.82, 2.24) is 0 Å². The molecular formula is C23H40O6. The Morgan fingerprint density at radius 3 is 1.86 bits per heavy atom. The maximum atomic E-state index is 12.3. The van der Waals surface area contributed by atoms with Crippen LogP contribution in [-0.2, 0) is 19.1 Å². The summed E-state index contributed by atoms with van der Waals surface area (Å²) in [7, 11) is 3.43. The molecule has 0 saturated heterocycles. The van der Waals surface area contributed by atoms with Crippen LogP contribution in [0.1, 0.15) is 70.6 Å². The van der Waals surface area contributed by atoms with E-state index in [0.29, 0.717) is 24.7 Å². The number of hydrogen-bond acceptors (Lipinski definition) is 6. The number of methoxy groups -OCH3 is 2. The maximum absolute atomic E-state index is 12.3. The molecule has 0 spiro atoms. The van der Waals surface area contributed by atoms with E-state index in [1.54, 1.807) is 14.2 Å². The zero-order valence-electron chi connectivity index (χ0n) is 18.2. The van der Waals surface area contributed by atoms with Gasteiger partial charge in [-0.3, -0.25) is 9.59 Å². The number of carbonyl (C=O) groups excluding carboxylic acids is 2. The highest BCUT2D eigenvalue weighted by molar-refractivity contribution is 5.98. The van der Waals surface area contributed by atoms with Crippen LogP contribution in [0.4, 0.5) is 0 Å². The number of aliphatic hydroxyl groups is 2. The van der Waals surface area contributed by atoms with Gasteiger partial charge in [-0.05, 0) is 68.6 Å². The monoisotopic (exact) mass is 412 g/mol. The second-order valence-corrected chi connectivity index (χ2v) is 9.12. The van der Waals surface area contributed by atoms with E-state index in [-0.39, 0.29) is 55.2 Å². The van der Waals surface area contributed by atoms with E-state index in [2.05, 4.69) is 0 Å². The highest BCUT2D eigenvalue weighted by atomic mass is 16.5. The molecule has 2 saturated carbocycles. The summed E-state index contributed by atoms with van der Waals surface area (Å²) in [6, 6.07) is 0. The number of rotatable bonds is 12. The van der Waals surface area contributed by atoms with Crippen LogP contribution in [0.3, 0.4) is 0 Å². The number of carbonyl (C=O) groups is 2. The summed E-state index contributed by atoms with van der Waals surface area (Å²) in [6.45, 7) is 0.230. The van der Waals surface area contributed by atoms with Crippen LogP contribution in [0.25, 0.3) is 0 Å². The van der Waals surface area contributed by atoms with Crippen molar-refractivity contribution in [1.29, 1.82) is 0 Å². The lowest BCUT2D eigenvalue weighted by Crippen LogP contribution is -2.36. The summed E-state index contributed by atoms with van der Waals surface area (Å²) in [5.41, 5.74) is 0. The van der Waals surface area contributed by atoms with Gasteiger partial charge in [0.1, 0.15) is 11.6 Å². The lowest BCUT2D eigenvalue weighted by molar-refractivity contribution is -0.127. The van der Waals surface area contributed by atoms with Crippen molar-refractivity contribution >= 4 is 11.6 Å². The third kappa shape index (κ3) is 7.74. The molecule has 6 heteroatoms. The molecule has 0 heterocycles. The van der Waals surface area contributed by atoms with Crippen LogP contribution in [-0.4, -0.2) is 61.4 Å². The molecule has 2 fully saturated rings. The molecule has 0 aromatic rings. The van der Waals surface area contributed by atoms with Crippen molar-refractivity contribution in [3.63, 3.8) is 0 Å². The van der Waals surface area contributed by atoms with Gasteiger partial charge in [0.25, 0.3) is 0 Å². The Balaban J connectivity index is 1.63. The van der Waals surface area contributed by atoms with E-state index >= 15 is 0 Å². The predicted octanol–water partition coefficient (Wildman–Crippen LogP) is 2.92. The normalized spacial score (nSPS) is 32.8. The first kappa shape index (κ1) is 24.4. The summed E-state index contributed by atoms with van der Waals surface area (Å²) >= 11 is 0. The summed E-state index contributed by atoms with van der Waals surface area (Å²) < 4.78 is 11.0. The molecule has 0 aromatic carbocycles. The third-order valence-electron chi connectivity index (χ3n) is 7.22. The molecule has 6 unspecified atom stereocenters. The van der Waals surface area contributed by atoms with Crippen LogP contribution >= 0.6 is 0 Å². The van der Waals surface area contributed by atoms with Gasteiger partial charge < -0.3 is 19.7 Å². The van der Waals surface area contributed by atoms with Gasteiger partial charge in [0.2, 0.25) is 0 Å². The lowest BCUT2D eigenvalue weighted by atomic mass is 9.73. The van der Waals surface area contributed by atoms with Crippen molar-refractivity contribution in [2.45, 2.75) is 82.8 Å². The molecule has 6 atom stereocenters.